The van der Waals surface area contributed by atoms with Crippen molar-refractivity contribution in [3.05, 3.63) is 12.2 Å². The third-order valence-electron chi connectivity index (χ3n) is 5.25. The van der Waals surface area contributed by atoms with E-state index in [0.717, 1.165) is 25.7 Å². The molecule has 6 atom stereocenters. The van der Waals surface area contributed by atoms with Crippen LogP contribution in [0, 0.1) is 23.7 Å². The number of ether oxygens (including phenoxy) is 2. The number of carbonyl (C=O) groups is 1. The summed E-state index contributed by atoms with van der Waals surface area (Å²) >= 11 is 0. The van der Waals surface area contributed by atoms with Gasteiger partial charge in [0.2, 0.25) is 0 Å². The normalized spacial score (nSPS) is 48.0. The lowest BCUT2D eigenvalue weighted by Crippen LogP contribution is -2.27. The summed E-state index contributed by atoms with van der Waals surface area (Å²) in [5.74, 6) is 1.73. The molecule has 0 aromatic rings. The van der Waals surface area contributed by atoms with E-state index in [-0.39, 0.29) is 11.9 Å². The third kappa shape index (κ3) is 1.71. The molecule has 98 valence electrons. The van der Waals surface area contributed by atoms with Crippen molar-refractivity contribution in [3.63, 3.8) is 0 Å². The zero-order valence-electron chi connectivity index (χ0n) is 10.6. The number of fused-ring (bicyclic) bond motifs is 4. The van der Waals surface area contributed by atoms with Gasteiger partial charge in [-0.1, -0.05) is 12.2 Å². The van der Waals surface area contributed by atoms with Gasteiger partial charge in [-0.2, -0.15) is 0 Å². The molecule has 3 heteroatoms. The van der Waals surface area contributed by atoms with Crippen molar-refractivity contribution >= 4 is 5.97 Å². The van der Waals surface area contributed by atoms with Crippen LogP contribution in [0.25, 0.3) is 0 Å². The number of rotatable bonds is 3. The van der Waals surface area contributed by atoms with Gasteiger partial charge in [0.1, 0.15) is 0 Å². The average molecular weight is 248 g/mol. The molecule has 2 aliphatic carbocycles. The highest BCUT2D eigenvalue weighted by Gasteiger charge is 2.43. The van der Waals surface area contributed by atoms with Crippen molar-refractivity contribution in [1.29, 1.82) is 0 Å². The Bertz CT molecular complexity index is 389. The molecular weight excluding hydrogens is 228 g/mol. The number of carbonyl (C=O) groups excluding carboxylic acids is 1. The molecule has 4 aliphatic rings. The predicted octanol–water partition coefficient (Wildman–Crippen LogP) is 2.31. The Morgan fingerprint density at radius 2 is 2.17 bits per heavy atom. The molecule has 18 heavy (non-hydrogen) atoms. The molecule has 0 amide bonds. The number of hydrogen-bond donors (Lipinski definition) is 0. The van der Waals surface area contributed by atoms with Crippen LogP contribution in [0.15, 0.2) is 12.2 Å². The van der Waals surface area contributed by atoms with E-state index >= 15 is 0 Å². The highest BCUT2D eigenvalue weighted by atomic mass is 16.5. The van der Waals surface area contributed by atoms with E-state index in [1.54, 1.807) is 0 Å². The largest absolute Gasteiger partial charge is 0.465 e. The fourth-order valence-corrected chi connectivity index (χ4v) is 4.27. The van der Waals surface area contributed by atoms with Crippen LogP contribution in [-0.4, -0.2) is 24.8 Å². The summed E-state index contributed by atoms with van der Waals surface area (Å²) in [5, 5.41) is 0. The molecule has 2 aliphatic heterocycles. The fourth-order valence-electron chi connectivity index (χ4n) is 4.27. The fraction of sp³-hybridized carbons (Fsp3) is 0.800. The van der Waals surface area contributed by atoms with Gasteiger partial charge < -0.3 is 9.47 Å². The van der Waals surface area contributed by atoms with Crippen molar-refractivity contribution in [2.75, 3.05) is 6.61 Å². The molecule has 0 spiro atoms. The van der Waals surface area contributed by atoms with Gasteiger partial charge in [-0.15, -0.1) is 0 Å². The van der Waals surface area contributed by atoms with Gasteiger partial charge in [0.05, 0.1) is 24.7 Å². The SMILES string of the molecule is O=C(OCC1CC2CCC1O2)C1CC2C=CC1C2. The van der Waals surface area contributed by atoms with Crippen LogP contribution in [0.3, 0.4) is 0 Å². The standard InChI is InChI=1S/C15H20O3/c16-15(13-6-9-1-2-10(13)5-9)17-8-11-7-12-3-4-14(11)18-12/h1-2,9-14H,3-8H2. The Morgan fingerprint density at radius 1 is 1.22 bits per heavy atom. The summed E-state index contributed by atoms with van der Waals surface area (Å²) in [6.07, 6.45) is 10.9. The maximum atomic E-state index is 12.1. The molecule has 6 unspecified atom stereocenters. The third-order valence-corrected chi connectivity index (χ3v) is 5.25. The van der Waals surface area contributed by atoms with E-state index in [1.807, 2.05) is 0 Å². The minimum absolute atomic E-state index is 0.0367. The highest BCUT2D eigenvalue weighted by Crippen LogP contribution is 2.44. The summed E-state index contributed by atoms with van der Waals surface area (Å²) in [6, 6.07) is 0. The molecular formula is C15H20O3. The second kappa shape index (κ2) is 4.09. The molecule has 0 radical (unpaired) electrons. The molecule has 4 bridgehead atoms. The molecule has 2 heterocycles. The zero-order valence-corrected chi connectivity index (χ0v) is 10.6. The first-order valence-electron chi connectivity index (χ1n) is 7.30. The van der Waals surface area contributed by atoms with Crippen molar-refractivity contribution in [3.8, 4) is 0 Å². The smallest absolute Gasteiger partial charge is 0.309 e. The van der Waals surface area contributed by atoms with Crippen LogP contribution in [0.1, 0.15) is 32.1 Å². The van der Waals surface area contributed by atoms with Gasteiger partial charge in [-0.05, 0) is 43.9 Å². The van der Waals surface area contributed by atoms with Crippen molar-refractivity contribution in [2.45, 2.75) is 44.3 Å². The van der Waals surface area contributed by atoms with Crippen LogP contribution in [0.5, 0.6) is 0 Å². The van der Waals surface area contributed by atoms with Crippen LogP contribution < -0.4 is 0 Å². The van der Waals surface area contributed by atoms with E-state index in [2.05, 4.69) is 12.2 Å². The number of allylic oxidation sites excluding steroid dienone is 2. The maximum absolute atomic E-state index is 12.1. The predicted molar refractivity (Wildman–Crippen MR) is 65.8 cm³/mol. The molecule has 3 fully saturated rings. The van der Waals surface area contributed by atoms with Crippen LogP contribution >= 0.6 is 0 Å². The Kier molecular flexibility index (Phi) is 2.51. The summed E-state index contributed by atoms with van der Waals surface area (Å²) in [5.41, 5.74) is 0. The van der Waals surface area contributed by atoms with Crippen molar-refractivity contribution < 1.29 is 14.3 Å². The zero-order chi connectivity index (χ0) is 12.1. The van der Waals surface area contributed by atoms with Gasteiger partial charge >= 0.3 is 5.97 Å². The Morgan fingerprint density at radius 3 is 2.78 bits per heavy atom. The first-order valence-corrected chi connectivity index (χ1v) is 7.30. The minimum Gasteiger partial charge on any atom is -0.465 e. The average Bonchev–Trinajstić information content (AvgIpc) is 3.13. The van der Waals surface area contributed by atoms with Gasteiger partial charge in [0, 0.05) is 5.92 Å². The second-order valence-corrected chi connectivity index (χ2v) is 6.39. The summed E-state index contributed by atoms with van der Waals surface area (Å²) in [4.78, 5) is 12.1. The Labute approximate surface area is 108 Å². The van der Waals surface area contributed by atoms with Gasteiger partial charge in [0.25, 0.3) is 0 Å². The first-order chi connectivity index (χ1) is 8.79. The van der Waals surface area contributed by atoms with Crippen LogP contribution in [0.2, 0.25) is 0 Å². The molecule has 4 rings (SSSR count). The lowest BCUT2D eigenvalue weighted by molar-refractivity contribution is -0.151. The van der Waals surface area contributed by atoms with Crippen molar-refractivity contribution in [2.24, 2.45) is 23.7 Å². The van der Waals surface area contributed by atoms with Crippen LogP contribution in [-0.2, 0) is 14.3 Å². The second-order valence-electron chi connectivity index (χ2n) is 6.39. The maximum Gasteiger partial charge on any atom is 0.309 e. The quantitative estimate of drug-likeness (QED) is 0.568. The summed E-state index contributed by atoms with van der Waals surface area (Å²) in [7, 11) is 0. The monoisotopic (exact) mass is 248 g/mol. The van der Waals surface area contributed by atoms with E-state index in [1.165, 1.54) is 6.42 Å². The number of esters is 1. The molecule has 1 saturated carbocycles. The van der Waals surface area contributed by atoms with Crippen molar-refractivity contribution in [1.82, 2.24) is 0 Å². The molecule has 0 aromatic heterocycles. The Hall–Kier alpha value is -0.830. The van der Waals surface area contributed by atoms with Gasteiger partial charge in [0.15, 0.2) is 0 Å². The van der Waals surface area contributed by atoms with E-state index in [9.17, 15) is 4.79 Å². The lowest BCUT2D eigenvalue weighted by atomic mass is 9.90. The summed E-state index contributed by atoms with van der Waals surface area (Å²) < 4.78 is 11.4. The Balaban J connectivity index is 1.30. The molecule has 2 saturated heterocycles. The summed E-state index contributed by atoms with van der Waals surface area (Å²) in [6.45, 7) is 0.581. The number of hydrogen-bond acceptors (Lipinski definition) is 3. The van der Waals surface area contributed by atoms with E-state index < -0.39 is 0 Å². The lowest BCUT2D eigenvalue weighted by Gasteiger charge is -2.21. The molecule has 3 nitrogen and oxygen atoms in total. The van der Waals surface area contributed by atoms with E-state index in [0.29, 0.717) is 36.6 Å². The van der Waals surface area contributed by atoms with Gasteiger partial charge in [-0.25, -0.2) is 0 Å². The van der Waals surface area contributed by atoms with Gasteiger partial charge in [-0.3, -0.25) is 4.79 Å². The topological polar surface area (TPSA) is 35.5 Å². The van der Waals surface area contributed by atoms with E-state index in [4.69, 9.17) is 9.47 Å². The van der Waals surface area contributed by atoms with Crippen LogP contribution in [0.4, 0.5) is 0 Å². The molecule has 0 N–H and O–H groups in total. The minimum atomic E-state index is 0.0367. The molecule has 0 aromatic carbocycles. The first kappa shape index (κ1) is 11.0. The highest BCUT2D eigenvalue weighted by molar-refractivity contribution is 5.74.